The molecule has 0 atom stereocenters. The number of nitrogens with one attached hydrogen (secondary N) is 1. The smallest absolute Gasteiger partial charge is 0.280 e. The molecule has 0 aliphatic carbocycles. The van der Waals surface area contributed by atoms with E-state index in [-0.39, 0.29) is 22.1 Å². The van der Waals surface area contributed by atoms with Gasteiger partial charge in [0.1, 0.15) is 5.82 Å². The summed E-state index contributed by atoms with van der Waals surface area (Å²) in [6.07, 6.45) is 3.76. The van der Waals surface area contributed by atoms with E-state index in [0.717, 1.165) is 6.26 Å². The standard InChI is InChI=1S/C15H12FN3O3S/c1-23(21,22)12-6-7-14(17-8-12)19-15(20)13(9-18-19)10-2-4-11(16)5-3-10/h2-9,18H,1H3. The summed E-state index contributed by atoms with van der Waals surface area (Å²) in [6.45, 7) is 0. The van der Waals surface area contributed by atoms with E-state index in [9.17, 15) is 17.6 Å². The van der Waals surface area contributed by atoms with Crippen molar-refractivity contribution in [2.45, 2.75) is 4.90 Å². The van der Waals surface area contributed by atoms with E-state index in [4.69, 9.17) is 0 Å². The first-order chi connectivity index (χ1) is 10.9. The minimum absolute atomic E-state index is 0.0691. The first kappa shape index (κ1) is 15.2. The summed E-state index contributed by atoms with van der Waals surface area (Å²) in [7, 11) is -3.35. The van der Waals surface area contributed by atoms with E-state index < -0.39 is 9.84 Å². The Hall–Kier alpha value is -2.74. The zero-order valence-electron chi connectivity index (χ0n) is 12.0. The molecule has 1 N–H and O–H groups in total. The van der Waals surface area contributed by atoms with Crippen LogP contribution in [-0.2, 0) is 9.84 Å². The average molecular weight is 333 g/mol. The van der Waals surface area contributed by atoms with E-state index in [2.05, 4.69) is 10.1 Å². The topological polar surface area (TPSA) is 84.8 Å². The zero-order chi connectivity index (χ0) is 16.6. The third-order valence-electron chi connectivity index (χ3n) is 3.30. The Morgan fingerprint density at radius 3 is 2.39 bits per heavy atom. The highest BCUT2D eigenvalue weighted by molar-refractivity contribution is 7.90. The fourth-order valence-electron chi connectivity index (χ4n) is 2.10. The summed E-state index contributed by atoms with van der Waals surface area (Å²) in [6, 6.07) is 8.36. The second-order valence-corrected chi connectivity index (χ2v) is 6.97. The van der Waals surface area contributed by atoms with Crippen LogP contribution in [0, 0.1) is 5.82 Å². The fraction of sp³-hybridized carbons (Fsp3) is 0.0667. The molecule has 23 heavy (non-hydrogen) atoms. The molecule has 0 fully saturated rings. The third kappa shape index (κ3) is 2.93. The normalized spacial score (nSPS) is 11.6. The van der Waals surface area contributed by atoms with Gasteiger partial charge in [0.2, 0.25) is 0 Å². The lowest BCUT2D eigenvalue weighted by atomic mass is 10.1. The number of benzene rings is 1. The van der Waals surface area contributed by atoms with E-state index in [1.807, 2.05) is 0 Å². The Bertz CT molecular complexity index is 1000. The van der Waals surface area contributed by atoms with Gasteiger partial charge >= 0.3 is 0 Å². The van der Waals surface area contributed by atoms with Crippen molar-refractivity contribution in [3.8, 4) is 16.9 Å². The van der Waals surface area contributed by atoms with Crippen LogP contribution >= 0.6 is 0 Å². The van der Waals surface area contributed by atoms with Crippen LogP contribution in [-0.4, -0.2) is 29.4 Å². The van der Waals surface area contributed by atoms with Gasteiger partial charge in [0.05, 0.1) is 10.5 Å². The van der Waals surface area contributed by atoms with Gasteiger partial charge in [0.25, 0.3) is 5.56 Å². The lowest BCUT2D eigenvalue weighted by Crippen LogP contribution is -2.17. The molecule has 0 bridgehead atoms. The Morgan fingerprint density at radius 1 is 1.13 bits per heavy atom. The average Bonchev–Trinajstić information content (AvgIpc) is 2.89. The number of H-pyrrole nitrogens is 1. The van der Waals surface area contributed by atoms with Crippen LogP contribution in [0.5, 0.6) is 0 Å². The number of hydrogen-bond acceptors (Lipinski definition) is 4. The predicted octanol–water partition coefficient (Wildman–Crippen LogP) is 1.77. The molecule has 2 heterocycles. The molecular formula is C15H12FN3O3S. The van der Waals surface area contributed by atoms with Crippen LogP contribution in [0.15, 0.2) is 58.5 Å². The molecule has 118 valence electrons. The lowest BCUT2D eigenvalue weighted by molar-refractivity contribution is 0.601. The van der Waals surface area contributed by atoms with Crippen molar-refractivity contribution < 1.29 is 12.8 Å². The van der Waals surface area contributed by atoms with Gasteiger partial charge in [-0.15, -0.1) is 0 Å². The number of aromatic nitrogens is 3. The van der Waals surface area contributed by atoms with Gasteiger partial charge in [0, 0.05) is 18.6 Å². The van der Waals surface area contributed by atoms with E-state index in [0.29, 0.717) is 11.1 Å². The highest BCUT2D eigenvalue weighted by Crippen LogP contribution is 2.16. The third-order valence-corrected chi connectivity index (χ3v) is 4.40. The molecule has 0 aliphatic heterocycles. The first-order valence-electron chi connectivity index (χ1n) is 6.59. The number of nitrogens with zero attached hydrogens (tertiary/aromatic N) is 2. The molecule has 1 aromatic carbocycles. The predicted molar refractivity (Wildman–Crippen MR) is 82.7 cm³/mol. The summed E-state index contributed by atoms with van der Waals surface area (Å²) < 4.78 is 37.0. The number of pyridine rings is 1. The molecule has 0 radical (unpaired) electrons. The number of aromatic amines is 1. The van der Waals surface area contributed by atoms with Crippen LogP contribution in [0.1, 0.15) is 0 Å². The van der Waals surface area contributed by atoms with E-state index in [1.165, 1.54) is 53.5 Å². The van der Waals surface area contributed by atoms with Crippen molar-refractivity contribution in [3.63, 3.8) is 0 Å². The minimum atomic E-state index is -3.35. The molecule has 0 unspecified atom stereocenters. The van der Waals surface area contributed by atoms with Gasteiger partial charge in [-0.1, -0.05) is 12.1 Å². The van der Waals surface area contributed by atoms with Crippen LogP contribution in [0.4, 0.5) is 4.39 Å². The second kappa shape index (κ2) is 5.47. The maximum absolute atomic E-state index is 13.0. The molecule has 0 aliphatic rings. The summed E-state index contributed by atoms with van der Waals surface area (Å²) in [4.78, 5) is 16.5. The van der Waals surface area contributed by atoms with Crippen molar-refractivity contribution in [3.05, 3.63) is 65.0 Å². The number of rotatable bonds is 3. The Balaban J connectivity index is 2.02. The van der Waals surface area contributed by atoms with Crippen molar-refractivity contribution in [1.29, 1.82) is 0 Å². The highest BCUT2D eigenvalue weighted by atomic mass is 32.2. The fourth-order valence-corrected chi connectivity index (χ4v) is 2.66. The molecule has 2 aromatic heterocycles. The Labute approximate surface area is 131 Å². The largest absolute Gasteiger partial charge is 0.296 e. The van der Waals surface area contributed by atoms with Gasteiger partial charge in [-0.3, -0.25) is 9.89 Å². The number of hydrogen-bond donors (Lipinski definition) is 1. The molecular weight excluding hydrogens is 321 g/mol. The zero-order valence-corrected chi connectivity index (χ0v) is 12.8. The Kier molecular flexibility index (Phi) is 3.61. The number of halogens is 1. The van der Waals surface area contributed by atoms with Crippen molar-refractivity contribution in [2.75, 3.05) is 6.26 Å². The molecule has 6 nitrogen and oxygen atoms in total. The maximum Gasteiger partial charge on any atom is 0.280 e. The van der Waals surface area contributed by atoms with Crippen LogP contribution in [0.2, 0.25) is 0 Å². The maximum atomic E-state index is 13.0. The molecule has 0 saturated heterocycles. The van der Waals surface area contributed by atoms with Gasteiger partial charge in [-0.05, 0) is 29.8 Å². The second-order valence-electron chi connectivity index (χ2n) is 4.96. The monoisotopic (exact) mass is 333 g/mol. The summed E-state index contributed by atoms with van der Waals surface area (Å²) in [5, 5.41) is 2.76. The molecule has 0 spiro atoms. The van der Waals surface area contributed by atoms with Gasteiger partial charge in [-0.2, -0.15) is 0 Å². The van der Waals surface area contributed by atoms with E-state index in [1.54, 1.807) is 0 Å². The van der Waals surface area contributed by atoms with Crippen LogP contribution < -0.4 is 5.56 Å². The van der Waals surface area contributed by atoms with Crippen LogP contribution in [0.3, 0.4) is 0 Å². The van der Waals surface area contributed by atoms with E-state index >= 15 is 0 Å². The van der Waals surface area contributed by atoms with Crippen molar-refractivity contribution >= 4 is 9.84 Å². The molecule has 0 saturated carbocycles. The minimum Gasteiger partial charge on any atom is -0.296 e. The molecule has 0 amide bonds. The molecule has 3 aromatic rings. The van der Waals surface area contributed by atoms with Crippen molar-refractivity contribution in [2.24, 2.45) is 0 Å². The van der Waals surface area contributed by atoms with Gasteiger partial charge in [-0.25, -0.2) is 22.5 Å². The van der Waals surface area contributed by atoms with Crippen molar-refractivity contribution in [1.82, 2.24) is 14.8 Å². The molecule has 3 rings (SSSR count). The summed E-state index contributed by atoms with van der Waals surface area (Å²) in [5.41, 5.74) is 0.564. The summed E-state index contributed by atoms with van der Waals surface area (Å²) in [5.74, 6) is -0.126. The van der Waals surface area contributed by atoms with Crippen LogP contribution in [0.25, 0.3) is 16.9 Å². The first-order valence-corrected chi connectivity index (χ1v) is 8.48. The highest BCUT2D eigenvalue weighted by Gasteiger charge is 2.12. The number of sulfone groups is 1. The summed E-state index contributed by atoms with van der Waals surface area (Å²) >= 11 is 0. The quantitative estimate of drug-likeness (QED) is 0.791. The van der Waals surface area contributed by atoms with Gasteiger partial charge in [0.15, 0.2) is 15.7 Å². The molecule has 8 heteroatoms. The van der Waals surface area contributed by atoms with Gasteiger partial charge < -0.3 is 0 Å². The Morgan fingerprint density at radius 2 is 1.83 bits per heavy atom. The SMILES string of the molecule is CS(=O)(=O)c1ccc(-n2[nH]cc(-c3ccc(F)cc3)c2=O)nc1. The lowest BCUT2D eigenvalue weighted by Gasteiger charge is -2.02.